The van der Waals surface area contributed by atoms with Crippen LogP contribution in [-0.4, -0.2) is 62.2 Å². The van der Waals surface area contributed by atoms with Gasteiger partial charge in [0.15, 0.2) is 0 Å². The molecule has 0 amide bonds. The van der Waals surface area contributed by atoms with E-state index in [1.165, 1.54) is 32.4 Å². The first kappa shape index (κ1) is 15.3. The molecule has 4 unspecified atom stereocenters. The minimum atomic E-state index is 0.428. The van der Waals surface area contributed by atoms with Gasteiger partial charge in [0.05, 0.1) is 0 Å². The van der Waals surface area contributed by atoms with Crippen molar-refractivity contribution in [3.05, 3.63) is 0 Å². The van der Waals surface area contributed by atoms with Crippen molar-refractivity contribution in [3.63, 3.8) is 0 Å². The zero-order valence-corrected chi connectivity index (χ0v) is 13.7. The lowest BCUT2D eigenvalue weighted by molar-refractivity contribution is 0.0618. The first-order chi connectivity index (χ1) is 8.86. The third kappa shape index (κ3) is 2.98. The second-order valence-corrected chi connectivity index (χ2v) is 7.68. The van der Waals surface area contributed by atoms with Crippen LogP contribution < -0.4 is 5.32 Å². The fraction of sp³-hybridized carbons (Fsp3) is 1.00. The zero-order chi connectivity index (χ0) is 14.2. The Morgan fingerprint density at radius 3 is 2.42 bits per heavy atom. The third-order valence-electron chi connectivity index (χ3n) is 5.59. The van der Waals surface area contributed by atoms with E-state index in [0.29, 0.717) is 11.5 Å². The summed E-state index contributed by atoms with van der Waals surface area (Å²) in [5, 5.41) is 3.62. The van der Waals surface area contributed by atoms with Gasteiger partial charge in [-0.1, -0.05) is 27.2 Å². The van der Waals surface area contributed by atoms with Gasteiger partial charge in [0.1, 0.15) is 0 Å². The number of hydrogen-bond donors (Lipinski definition) is 1. The number of hydrogen-bond acceptors (Lipinski definition) is 3. The summed E-state index contributed by atoms with van der Waals surface area (Å²) in [6.07, 6.45) is 4.10. The maximum Gasteiger partial charge on any atom is 0.0271 e. The van der Waals surface area contributed by atoms with Crippen molar-refractivity contribution in [3.8, 4) is 0 Å². The normalized spacial score (nSPS) is 39.9. The summed E-state index contributed by atoms with van der Waals surface area (Å²) in [5.74, 6) is 0.789. The topological polar surface area (TPSA) is 18.5 Å². The van der Waals surface area contributed by atoms with Crippen molar-refractivity contribution in [2.75, 3.05) is 34.2 Å². The maximum absolute atomic E-state index is 3.62. The molecule has 1 saturated carbocycles. The van der Waals surface area contributed by atoms with Gasteiger partial charge < -0.3 is 10.2 Å². The first-order valence-electron chi connectivity index (χ1n) is 7.94. The summed E-state index contributed by atoms with van der Waals surface area (Å²) in [6.45, 7) is 9.79. The highest BCUT2D eigenvalue weighted by Gasteiger charge is 2.44. The summed E-state index contributed by atoms with van der Waals surface area (Å²) in [5.41, 5.74) is 0.428. The fourth-order valence-electron chi connectivity index (χ4n) is 4.52. The van der Waals surface area contributed by atoms with Crippen LogP contribution in [0.3, 0.4) is 0 Å². The number of nitrogens with one attached hydrogen (secondary N) is 1. The lowest BCUT2D eigenvalue weighted by Crippen LogP contribution is -2.57. The molecule has 1 N–H and O–H groups in total. The summed E-state index contributed by atoms with van der Waals surface area (Å²) >= 11 is 0. The maximum atomic E-state index is 3.62. The van der Waals surface area contributed by atoms with Gasteiger partial charge in [0.25, 0.3) is 0 Å². The van der Waals surface area contributed by atoms with Gasteiger partial charge in [-0.3, -0.25) is 4.90 Å². The average Bonchev–Trinajstić information content (AvgIpc) is 2.69. The molecule has 1 aliphatic heterocycles. The molecule has 2 rings (SSSR count). The number of nitrogens with zero attached hydrogens (tertiary/aromatic N) is 2. The predicted octanol–water partition coefficient (Wildman–Crippen LogP) is 2.03. The molecular weight excluding hydrogens is 234 g/mol. The molecule has 3 nitrogen and oxygen atoms in total. The molecule has 0 aromatic carbocycles. The lowest BCUT2D eigenvalue weighted by Gasteiger charge is -2.47. The van der Waals surface area contributed by atoms with E-state index in [0.717, 1.165) is 18.0 Å². The summed E-state index contributed by atoms with van der Waals surface area (Å²) < 4.78 is 0. The molecule has 0 spiro atoms. The van der Waals surface area contributed by atoms with Crippen LogP contribution >= 0.6 is 0 Å². The molecule has 4 atom stereocenters. The average molecular weight is 267 g/mol. The van der Waals surface area contributed by atoms with E-state index < -0.39 is 0 Å². The Hall–Kier alpha value is -0.120. The predicted molar refractivity (Wildman–Crippen MR) is 82.5 cm³/mol. The monoisotopic (exact) mass is 267 g/mol. The van der Waals surface area contributed by atoms with E-state index in [2.05, 4.69) is 57.0 Å². The Bertz CT molecular complexity index is 300. The molecule has 0 aromatic rings. The molecule has 3 heteroatoms. The molecule has 1 aliphatic carbocycles. The van der Waals surface area contributed by atoms with Gasteiger partial charge in [0.2, 0.25) is 0 Å². The van der Waals surface area contributed by atoms with E-state index in [-0.39, 0.29) is 0 Å². The van der Waals surface area contributed by atoms with Crippen LogP contribution in [0.2, 0.25) is 0 Å². The van der Waals surface area contributed by atoms with Crippen molar-refractivity contribution in [2.45, 2.75) is 58.2 Å². The minimum absolute atomic E-state index is 0.428. The molecule has 112 valence electrons. The van der Waals surface area contributed by atoms with Crippen LogP contribution in [0.4, 0.5) is 0 Å². The van der Waals surface area contributed by atoms with Crippen molar-refractivity contribution < 1.29 is 0 Å². The van der Waals surface area contributed by atoms with Crippen LogP contribution in [0.5, 0.6) is 0 Å². The van der Waals surface area contributed by atoms with Crippen LogP contribution in [0.1, 0.15) is 40.0 Å². The molecular formula is C16H33N3. The van der Waals surface area contributed by atoms with Crippen molar-refractivity contribution in [1.29, 1.82) is 0 Å². The Kier molecular flexibility index (Phi) is 4.59. The molecule has 19 heavy (non-hydrogen) atoms. The lowest BCUT2D eigenvalue weighted by atomic mass is 9.70. The van der Waals surface area contributed by atoms with Gasteiger partial charge in [-0.05, 0) is 45.3 Å². The van der Waals surface area contributed by atoms with Crippen molar-refractivity contribution in [1.82, 2.24) is 15.1 Å². The van der Waals surface area contributed by atoms with E-state index >= 15 is 0 Å². The molecule has 0 aromatic heterocycles. The van der Waals surface area contributed by atoms with Gasteiger partial charge in [-0.15, -0.1) is 0 Å². The summed E-state index contributed by atoms with van der Waals surface area (Å²) in [4.78, 5) is 5.17. The van der Waals surface area contributed by atoms with E-state index in [9.17, 15) is 0 Å². The molecule has 0 radical (unpaired) electrons. The smallest absolute Gasteiger partial charge is 0.0271 e. The molecule has 0 bridgehead atoms. The highest BCUT2D eigenvalue weighted by molar-refractivity contribution is 5.01. The molecule has 1 heterocycles. The third-order valence-corrected chi connectivity index (χ3v) is 5.59. The Balaban J connectivity index is 2.09. The number of rotatable bonds is 3. The Labute approximate surface area is 119 Å². The number of likely N-dealkylation sites (tertiary alicyclic amines) is 1. The quantitative estimate of drug-likeness (QED) is 0.844. The standard InChI is InChI=1S/C16H33N3/c1-12-10-19(11-14(12)18(5)6)13-8-7-9-16(2,3)15(13)17-4/h12-15,17H,7-11H2,1-6H3. The van der Waals surface area contributed by atoms with Gasteiger partial charge in [-0.25, -0.2) is 0 Å². The van der Waals surface area contributed by atoms with E-state index in [1.807, 2.05) is 0 Å². The van der Waals surface area contributed by atoms with Gasteiger partial charge in [-0.2, -0.15) is 0 Å². The van der Waals surface area contributed by atoms with Crippen LogP contribution in [0, 0.1) is 11.3 Å². The first-order valence-corrected chi connectivity index (χ1v) is 7.94. The molecule has 2 aliphatic rings. The summed E-state index contributed by atoms with van der Waals surface area (Å²) in [6, 6.07) is 2.08. The van der Waals surface area contributed by atoms with Crippen LogP contribution in [0.15, 0.2) is 0 Å². The highest BCUT2D eigenvalue weighted by atomic mass is 15.3. The van der Waals surface area contributed by atoms with E-state index in [1.54, 1.807) is 0 Å². The summed E-state index contributed by atoms with van der Waals surface area (Å²) in [7, 11) is 6.60. The van der Waals surface area contributed by atoms with E-state index in [4.69, 9.17) is 0 Å². The van der Waals surface area contributed by atoms with Gasteiger partial charge >= 0.3 is 0 Å². The SMILES string of the molecule is CNC1C(N2CC(C)C(N(C)C)C2)CCCC1(C)C. The largest absolute Gasteiger partial charge is 0.315 e. The Morgan fingerprint density at radius 2 is 1.89 bits per heavy atom. The van der Waals surface area contributed by atoms with Crippen molar-refractivity contribution in [2.24, 2.45) is 11.3 Å². The highest BCUT2D eigenvalue weighted by Crippen LogP contribution is 2.39. The second kappa shape index (κ2) is 5.71. The van der Waals surface area contributed by atoms with Crippen molar-refractivity contribution >= 4 is 0 Å². The van der Waals surface area contributed by atoms with Crippen LogP contribution in [-0.2, 0) is 0 Å². The second-order valence-electron chi connectivity index (χ2n) is 7.68. The Morgan fingerprint density at radius 1 is 1.21 bits per heavy atom. The fourth-order valence-corrected chi connectivity index (χ4v) is 4.52. The zero-order valence-electron chi connectivity index (χ0n) is 13.7. The molecule has 2 fully saturated rings. The minimum Gasteiger partial charge on any atom is -0.315 e. The van der Waals surface area contributed by atoms with Crippen LogP contribution in [0.25, 0.3) is 0 Å². The molecule has 1 saturated heterocycles. The number of likely N-dealkylation sites (N-methyl/N-ethyl adjacent to an activating group) is 2. The van der Waals surface area contributed by atoms with Gasteiger partial charge in [0, 0.05) is 31.2 Å².